The summed E-state index contributed by atoms with van der Waals surface area (Å²) in [4.78, 5) is 27.0. The normalized spacial score (nSPS) is 6.94. The molecule has 0 spiro atoms. The molecule has 9 nitrogen and oxygen atoms in total. The first-order chi connectivity index (χ1) is 6.81. The monoisotopic (exact) mass is 327 g/mol. The fraction of sp³-hybridized carbons (Fsp3) is 0.500. The van der Waals surface area contributed by atoms with Crippen LogP contribution in [0, 0.1) is 0 Å². The van der Waals surface area contributed by atoms with Crippen molar-refractivity contribution in [3.63, 3.8) is 0 Å². The minimum absolute atomic E-state index is 0. The Balaban J connectivity index is -0.0000000655. The quantitative estimate of drug-likeness (QED) is 0.424. The molecule has 0 aromatic carbocycles. The van der Waals surface area contributed by atoms with E-state index >= 15 is 0 Å². The SMILES string of the molecule is O=C([O-])CO.O=C([O-])CO.O=C([O-])CO.[Ru+3]. The maximum absolute atomic E-state index is 9.01. The van der Waals surface area contributed by atoms with Crippen LogP contribution in [0.1, 0.15) is 0 Å². The molecule has 95 valence electrons. The third-order valence-electron chi connectivity index (χ3n) is 0.387. The zero-order valence-electron chi connectivity index (χ0n) is 7.77. The van der Waals surface area contributed by atoms with Crippen molar-refractivity contribution in [2.24, 2.45) is 0 Å². The van der Waals surface area contributed by atoms with Gasteiger partial charge in [-0.2, -0.15) is 0 Å². The van der Waals surface area contributed by atoms with E-state index in [1.165, 1.54) is 0 Å². The average Bonchev–Trinajstić information content (AvgIpc) is 2.19. The summed E-state index contributed by atoms with van der Waals surface area (Å²) in [6.07, 6.45) is 0. The molecule has 0 aromatic heterocycles. The number of hydrogen-bond acceptors (Lipinski definition) is 9. The van der Waals surface area contributed by atoms with Gasteiger partial charge in [-0.15, -0.1) is 0 Å². The van der Waals surface area contributed by atoms with Gasteiger partial charge in [0.2, 0.25) is 0 Å². The van der Waals surface area contributed by atoms with Crippen LogP contribution in [0.5, 0.6) is 0 Å². The molecule has 3 N–H and O–H groups in total. The third kappa shape index (κ3) is 75.9. The minimum Gasteiger partial charge on any atom is -0.548 e. The number of hydrogen-bond donors (Lipinski definition) is 3. The molecule has 0 aliphatic carbocycles. The Hall–Kier alpha value is -1.09. The van der Waals surface area contributed by atoms with Gasteiger partial charge < -0.3 is 45.0 Å². The molecular formula is C6H9O9Ru. The van der Waals surface area contributed by atoms with Crippen molar-refractivity contribution in [3.8, 4) is 0 Å². The van der Waals surface area contributed by atoms with E-state index in [0.29, 0.717) is 0 Å². The predicted octanol–water partition coefficient (Wildman–Crippen LogP) is -6.82. The Morgan fingerprint density at radius 2 is 0.750 bits per heavy atom. The fourth-order valence-electron chi connectivity index (χ4n) is 0. The van der Waals surface area contributed by atoms with Crippen LogP contribution in [0.3, 0.4) is 0 Å². The van der Waals surface area contributed by atoms with E-state index < -0.39 is 37.7 Å². The zero-order valence-corrected chi connectivity index (χ0v) is 9.50. The van der Waals surface area contributed by atoms with Gasteiger partial charge in [-0.05, 0) is 0 Å². The predicted molar refractivity (Wildman–Crippen MR) is 36.3 cm³/mol. The van der Waals surface area contributed by atoms with Crippen molar-refractivity contribution in [1.29, 1.82) is 0 Å². The summed E-state index contributed by atoms with van der Waals surface area (Å²) in [5.74, 6) is -4.32. The van der Waals surface area contributed by atoms with Gasteiger partial charge in [0.05, 0.1) is 37.7 Å². The molecule has 16 heavy (non-hydrogen) atoms. The minimum atomic E-state index is -1.44. The first-order valence-electron chi connectivity index (χ1n) is 3.23. The van der Waals surface area contributed by atoms with Gasteiger partial charge in [0.1, 0.15) is 0 Å². The van der Waals surface area contributed by atoms with Gasteiger partial charge in [-0.1, -0.05) is 0 Å². The number of carbonyl (C=O) groups excluding carboxylic acids is 3. The summed E-state index contributed by atoms with van der Waals surface area (Å²) in [6, 6.07) is 0. The maximum atomic E-state index is 9.01. The van der Waals surface area contributed by atoms with Crippen molar-refractivity contribution >= 4 is 17.9 Å². The van der Waals surface area contributed by atoms with Crippen molar-refractivity contribution in [1.82, 2.24) is 0 Å². The molecule has 0 rings (SSSR count). The van der Waals surface area contributed by atoms with Crippen LogP contribution >= 0.6 is 0 Å². The molecule has 0 saturated carbocycles. The van der Waals surface area contributed by atoms with Gasteiger partial charge in [-0.3, -0.25) is 0 Å². The van der Waals surface area contributed by atoms with Gasteiger partial charge in [0.25, 0.3) is 0 Å². The van der Waals surface area contributed by atoms with E-state index in [1.807, 2.05) is 0 Å². The molecule has 10 heteroatoms. The Morgan fingerprint density at radius 3 is 0.750 bits per heavy atom. The van der Waals surface area contributed by atoms with Gasteiger partial charge in [-0.25, -0.2) is 0 Å². The van der Waals surface area contributed by atoms with E-state index in [4.69, 9.17) is 45.0 Å². The topological polar surface area (TPSA) is 181 Å². The third-order valence-corrected chi connectivity index (χ3v) is 0.387. The molecule has 0 aliphatic rings. The Bertz CT molecular complexity index is 159. The van der Waals surface area contributed by atoms with E-state index in [1.54, 1.807) is 0 Å². The molecule has 1 radical (unpaired) electrons. The zero-order chi connectivity index (χ0) is 12.9. The number of carboxylic acid groups (broad SMARTS) is 3. The number of aliphatic carboxylic acids is 3. The van der Waals surface area contributed by atoms with E-state index in [0.717, 1.165) is 0 Å². The van der Waals surface area contributed by atoms with Crippen LogP contribution in [0.4, 0.5) is 0 Å². The number of aliphatic hydroxyl groups is 3. The van der Waals surface area contributed by atoms with Crippen LogP contribution in [0.2, 0.25) is 0 Å². The molecule has 0 fully saturated rings. The van der Waals surface area contributed by atoms with E-state index in [9.17, 15) is 0 Å². The first-order valence-corrected chi connectivity index (χ1v) is 3.23. The molecule has 0 aliphatic heterocycles. The number of rotatable bonds is 3. The summed E-state index contributed by atoms with van der Waals surface area (Å²) in [7, 11) is 0. The molecular weight excluding hydrogens is 317 g/mol. The Kier molecular flexibility index (Phi) is 29.5. The Labute approximate surface area is 103 Å². The van der Waals surface area contributed by atoms with Crippen LogP contribution in [0.25, 0.3) is 0 Å². The summed E-state index contributed by atoms with van der Waals surface area (Å²) >= 11 is 0. The second-order valence-corrected chi connectivity index (χ2v) is 1.59. The molecule has 0 unspecified atom stereocenters. The van der Waals surface area contributed by atoms with Crippen molar-refractivity contribution < 1.29 is 64.5 Å². The first kappa shape index (κ1) is 24.2. The summed E-state index contributed by atoms with van der Waals surface area (Å²) in [5.41, 5.74) is 0. The second-order valence-electron chi connectivity index (χ2n) is 1.59. The molecule has 0 bridgehead atoms. The largest absolute Gasteiger partial charge is 3.00 e. The fourth-order valence-corrected chi connectivity index (χ4v) is 0. The van der Waals surface area contributed by atoms with E-state index in [-0.39, 0.29) is 19.5 Å². The van der Waals surface area contributed by atoms with Crippen molar-refractivity contribution in [2.45, 2.75) is 0 Å². The van der Waals surface area contributed by atoms with Crippen molar-refractivity contribution in [3.05, 3.63) is 0 Å². The van der Waals surface area contributed by atoms with Crippen LogP contribution in [0.15, 0.2) is 0 Å². The molecule has 0 atom stereocenters. The maximum Gasteiger partial charge on any atom is 3.00 e. The van der Waals surface area contributed by atoms with Crippen LogP contribution in [-0.4, -0.2) is 53.0 Å². The summed E-state index contributed by atoms with van der Waals surface area (Å²) < 4.78 is 0. The summed E-state index contributed by atoms with van der Waals surface area (Å²) in [6.45, 7) is -2.67. The molecule has 0 amide bonds. The Morgan fingerprint density at radius 1 is 0.688 bits per heavy atom. The number of carbonyl (C=O) groups is 3. The van der Waals surface area contributed by atoms with Gasteiger partial charge in [0, 0.05) is 0 Å². The van der Waals surface area contributed by atoms with E-state index in [2.05, 4.69) is 0 Å². The standard InChI is InChI=1S/3C2H4O3.Ru/c3*3-1-2(4)5;/h3*3H,1H2,(H,4,5);/q;;;+3/p-3. The van der Waals surface area contributed by atoms with Crippen LogP contribution < -0.4 is 15.3 Å². The smallest absolute Gasteiger partial charge is 0.548 e. The van der Waals surface area contributed by atoms with Gasteiger partial charge in [0.15, 0.2) is 0 Å². The molecule has 0 heterocycles. The second kappa shape index (κ2) is 19.5. The molecule has 0 aromatic rings. The average molecular weight is 326 g/mol. The number of carboxylic acids is 3. The molecule has 0 saturated heterocycles. The van der Waals surface area contributed by atoms with Crippen LogP contribution in [-0.2, 0) is 33.9 Å². The van der Waals surface area contributed by atoms with Crippen molar-refractivity contribution in [2.75, 3.05) is 19.8 Å². The summed E-state index contributed by atoms with van der Waals surface area (Å²) in [5, 5.41) is 49.5. The van der Waals surface area contributed by atoms with Gasteiger partial charge >= 0.3 is 19.5 Å². The number of aliphatic hydroxyl groups excluding tert-OH is 3.